The summed E-state index contributed by atoms with van der Waals surface area (Å²) in [4.78, 5) is 30.1. The summed E-state index contributed by atoms with van der Waals surface area (Å²) in [5.74, 6) is 0.0130. The molecule has 0 spiro atoms. The average molecular weight is 469 g/mol. The number of carbonyl (C=O) groups excluding carboxylic acids is 2. The lowest BCUT2D eigenvalue weighted by atomic mass is 9.94. The maximum atomic E-state index is 13.3. The normalized spacial score (nSPS) is 17.4. The number of methoxy groups -OCH3 is 3. The molecule has 0 bridgehead atoms. The highest BCUT2D eigenvalue weighted by molar-refractivity contribution is 6.46. The van der Waals surface area contributed by atoms with Gasteiger partial charge >= 0.3 is 0 Å². The Balaban J connectivity index is 2.18. The molecule has 2 aromatic rings. The number of ether oxygens (including phenoxy) is 3. The summed E-state index contributed by atoms with van der Waals surface area (Å²) in [6.45, 7) is 6.63. The second kappa shape index (κ2) is 11.1. The number of hydrogen-bond donors (Lipinski definition) is 1. The predicted octanol–water partition coefficient (Wildman–Crippen LogP) is 3.48. The van der Waals surface area contributed by atoms with E-state index in [0.29, 0.717) is 41.5 Å². The van der Waals surface area contributed by atoms with Crippen LogP contribution in [0, 0.1) is 0 Å². The van der Waals surface area contributed by atoms with E-state index in [2.05, 4.69) is 4.90 Å². The van der Waals surface area contributed by atoms with Crippen molar-refractivity contribution in [2.24, 2.45) is 0 Å². The first-order valence-electron chi connectivity index (χ1n) is 11.3. The maximum absolute atomic E-state index is 13.3. The van der Waals surface area contributed by atoms with E-state index < -0.39 is 17.7 Å². The number of rotatable bonds is 10. The van der Waals surface area contributed by atoms with Crippen LogP contribution in [0.2, 0.25) is 0 Å². The molecule has 3 rings (SSSR count). The van der Waals surface area contributed by atoms with Crippen molar-refractivity contribution in [2.75, 3.05) is 47.5 Å². The molecule has 34 heavy (non-hydrogen) atoms. The van der Waals surface area contributed by atoms with Gasteiger partial charge in [-0.3, -0.25) is 9.59 Å². The molecule has 0 unspecified atom stereocenters. The monoisotopic (exact) mass is 468 g/mol. The molecule has 1 amide bonds. The van der Waals surface area contributed by atoms with Crippen molar-refractivity contribution in [3.63, 3.8) is 0 Å². The van der Waals surface area contributed by atoms with Crippen LogP contribution in [-0.4, -0.2) is 74.1 Å². The zero-order chi connectivity index (χ0) is 24.8. The van der Waals surface area contributed by atoms with E-state index in [-0.39, 0.29) is 11.3 Å². The number of carbonyl (C=O) groups is 2. The molecule has 0 radical (unpaired) electrons. The number of benzene rings is 2. The lowest BCUT2D eigenvalue weighted by Crippen LogP contribution is -2.38. The predicted molar refractivity (Wildman–Crippen MR) is 129 cm³/mol. The first-order valence-corrected chi connectivity index (χ1v) is 11.3. The van der Waals surface area contributed by atoms with Crippen molar-refractivity contribution >= 4 is 17.4 Å². The quantitative estimate of drug-likeness (QED) is 0.324. The minimum atomic E-state index is -0.831. The minimum Gasteiger partial charge on any atom is -0.507 e. The Morgan fingerprint density at radius 2 is 1.56 bits per heavy atom. The minimum absolute atomic E-state index is 0.0151. The second-order valence-electron chi connectivity index (χ2n) is 7.86. The van der Waals surface area contributed by atoms with Gasteiger partial charge in [0.25, 0.3) is 11.7 Å². The van der Waals surface area contributed by atoms with E-state index in [0.717, 1.165) is 13.1 Å². The summed E-state index contributed by atoms with van der Waals surface area (Å²) < 4.78 is 16.2. The van der Waals surface area contributed by atoms with Crippen LogP contribution >= 0.6 is 0 Å². The van der Waals surface area contributed by atoms with Gasteiger partial charge in [-0.1, -0.05) is 13.8 Å². The summed E-state index contributed by atoms with van der Waals surface area (Å²) in [7, 11) is 4.61. The lowest BCUT2D eigenvalue weighted by molar-refractivity contribution is -0.140. The third kappa shape index (κ3) is 4.87. The maximum Gasteiger partial charge on any atom is 0.295 e. The third-order valence-corrected chi connectivity index (χ3v) is 6.19. The van der Waals surface area contributed by atoms with E-state index in [4.69, 9.17) is 14.2 Å². The van der Waals surface area contributed by atoms with E-state index >= 15 is 0 Å². The van der Waals surface area contributed by atoms with Gasteiger partial charge in [0.1, 0.15) is 23.0 Å². The van der Waals surface area contributed by atoms with E-state index in [1.54, 1.807) is 56.7 Å². The molecule has 1 N–H and O–H groups in total. The lowest BCUT2D eigenvalue weighted by Gasteiger charge is -2.29. The fraction of sp³-hybridized carbons (Fsp3) is 0.385. The molecule has 0 saturated carbocycles. The molecule has 8 heteroatoms. The Kier molecular flexibility index (Phi) is 8.17. The fourth-order valence-corrected chi connectivity index (χ4v) is 4.18. The van der Waals surface area contributed by atoms with Gasteiger partial charge in [0, 0.05) is 24.2 Å². The molecule has 1 fully saturated rings. The highest BCUT2D eigenvalue weighted by atomic mass is 16.5. The molecule has 0 aliphatic carbocycles. The van der Waals surface area contributed by atoms with Crippen molar-refractivity contribution in [1.29, 1.82) is 0 Å². The molecule has 1 heterocycles. The largest absolute Gasteiger partial charge is 0.507 e. The highest BCUT2D eigenvalue weighted by Gasteiger charge is 2.47. The van der Waals surface area contributed by atoms with Gasteiger partial charge in [-0.05, 0) is 55.6 Å². The molecule has 1 saturated heterocycles. The molecule has 182 valence electrons. The Labute approximate surface area is 200 Å². The van der Waals surface area contributed by atoms with Gasteiger partial charge in [0.15, 0.2) is 0 Å². The van der Waals surface area contributed by atoms with Gasteiger partial charge < -0.3 is 29.1 Å². The number of hydrogen-bond acceptors (Lipinski definition) is 7. The summed E-state index contributed by atoms with van der Waals surface area (Å²) in [6.07, 6.45) is 0. The Hall–Kier alpha value is -3.52. The van der Waals surface area contributed by atoms with Crippen LogP contribution in [0.15, 0.2) is 48.0 Å². The Bertz CT molecular complexity index is 1060. The fourth-order valence-electron chi connectivity index (χ4n) is 4.18. The summed E-state index contributed by atoms with van der Waals surface area (Å²) >= 11 is 0. The van der Waals surface area contributed by atoms with Crippen LogP contribution in [-0.2, 0) is 9.59 Å². The Morgan fingerprint density at radius 3 is 2.12 bits per heavy atom. The molecule has 2 aromatic carbocycles. The number of likely N-dealkylation sites (N-methyl/N-ethyl adjacent to an activating group) is 1. The smallest absolute Gasteiger partial charge is 0.295 e. The first kappa shape index (κ1) is 25.1. The Morgan fingerprint density at radius 1 is 0.941 bits per heavy atom. The van der Waals surface area contributed by atoms with Gasteiger partial charge in [-0.15, -0.1) is 0 Å². The van der Waals surface area contributed by atoms with Crippen molar-refractivity contribution in [1.82, 2.24) is 9.80 Å². The number of Topliss-reactive ketones (excluding diaryl/α,β-unsaturated/α-hetero) is 1. The zero-order valence-corrected chi connectivity index (χ0v) is 20.3. The number of amides is 1. The van der Waals surface area contributed by atoms with Crippen LogP contribution < -0.4 is 14.2 Å². The van der Waals surface area contributed by atoms with Crippen molar-refractivity contribution < 1.29 is 28.9 Å². The van der Waals surface area contributed by atoms with Crippen molar-refractivity contribution in [3.05, 3.63) is 59.2 Å². The van der Waals surface area contributed by atoms with E-state index in [1.807, 2.05) is 13.8 Å². The third-order valence-electron chi connectivity index (χ3n) is 6.19. The SMILES string of the molecule is CCN(CC)CCN1C(=O)C(=O)/C(=C(/O)c2ccc(OC)cc2)[C@@H]1c1cc(OC)ccc1OC. The second-order valence-corrected chi connectivity index (χ2v) is 7.86. The van der Waals surface area contributed by atoms with Crippen LogP contribution in [0.4, 0.5) is 0 Å². The standard InChI is InChI=1S/C26H32N2O6/c1-6-27(7-2)14-15-28-23(20-16-19(33-4)12-13-21(20)34-5)22(25(30)26(28)31)24(29)17-8-10-18(32-3)11-9-17/h8-13,16,23,29H,6-7,14-15H2,1-5H3/b24-22+/t23-/m0/s1. The first-order chi connectivity index (χ1) is 16.4. The number of ketones is 1. The molecule has 0 aromatic heterocycles. The van der Waals surface area contributed by atoms with Crippen LogP contribution in [0.5, 0.6) is 17.2 Å². The number of aliphatic hydroxyl groups is 1. The molecular formula is C26H32N2O6. The molecule has 1 atom stereocenters. The summed E-state index contributed by atoms with van der Waals surface area (Å²) in [6, 6.07) is 11.1. The number of likely N-dealkylation sites (tertiary alicyclic amines) is 1. The number of aliphatic hydroxyl groups excluding tert-OH is 1. The van der Waals surface area contributed by atoms with Gasteiger partial charge in [-0.25, -0.2) is 0 Å². The van der Waals surface area contributed by atoms with E-state index in [9.17, 15) is 14.7 Å². The highest BCUT2D eigenvalue weighted by Crippen LogP contribution is 2.43. The summed E-state index contributed by atoms with van der Waals surface area (Å²) in [5, 5.41) is 11.2. The summed E-state index contributed by atoms with van der Waals surface area (Å²) in [5.41, 5.74) is 0.992. The average Bonchev–Trinajstić information content (AvgIpc) is 3.13. The van der Waals surface area contributed by atoms with Crippen LogP contribution in [0.25, 0.3) is 5.76 Å². The van der Waals surface area contributed by atoms with Gasteiger partial charge in [-0.2, -0.15) is 0 Å². The van der Waals surface area contributed by atoms with Gasteiger partial charge in [0.05, 0.1) is 32.9 Å². The van der Waals surface area contributed by atoms with Gasteiger partial charge in [0.2, 0.25) is 0 Å². The zero-order valence-electron chi connectivity index (χ0n) is 20.3. The topological polar surface area (TPSA) is 88.5 Å². The van der Waals surface area contributed by atoms with Crippen molar-refractivity contribution in [2.45, 2.75) is 19.9 Å². The number of nitrogens with zero attached hydrogens (tertiary/aromatic N) is 2. The molecule has 1 aliphatic heterocycles. The van der Waals surface area contributed by atoms with Crippen LogP contribution in [0.3, 0.4) is 0 Å². The van der Waals surface area contributed by atoms with Crippen LogP contribution in [0.1, 0.15) is 31.0 Å². The molecule has 1 aliphatic rings. The van der Waals surface area contributed by atoms with Crippen molar-refractivity contribution in [3.8, 4) is 17.2 Å². The molecule has 8 nitrogen and oxygen atoms in total. The van der Waals surface area contributed by atoms with E-state index in [1.165, 1.54) is 12.0 Å². The molecular weight excluding hydrogens is 436 g/mol.